The van der Waals surface area contributed by atoms with E-state index in [1.165, 1.54) is 11.8 Å². The highest BCUT2D eigenvalue weighted by Crippen LogP contribution is 2.53. The Morgan fingerprint density at radius 1 is 0.610 bits per heavy atom. The first-order valence-electron chi connectivity index (χ1n) is 13.2. The Morgan fingerprint density at radius 3 is 1.85 bits per heavy atom. The molecule has 0 amide bonds. The molecular weight excluding hydrogens is 549 g/mol. The van der Waals surface area contributed by atoms with Gasteiger partial charge < -0.3 is 0 Å². The van der Waals surface area contributed by atoms with E-state index in [4.69, 9.17) is 4.98 Å². The minimum atomic E-state index is -3.80. The first-order valence-corrected chi connectivity index (χ1v) is 15.6. The average molecular weight is 573 g/mol. The van der Waals surface area contributed by atoms with Crippen molar-refractivity contribution in [2.75, 3.05) is 0 Å². The number of aromatic nitrogens is 3. The van der Waals surface area contributed by atoms with Crippen LogP contribution in [0.5, 0.6) is 0 Å². The average Bonchev–Trinajstić information content (AvgIpc) is 3.31. The van der Waals surface area contributed by atoms with Gasteiger partial charge in [0.1, 0.15) is 11.4 Å². The molecule has 0 aliphatic heterocycles. The smallest absolute Gasteiger partial charge is 0.219 e. The van der Waals surface area contributed by atoms with Crippen LogP contribution in [-0.4, -0.2) is 23.6 Å². The topological polar surface area (TPSA) is 84.8 Å². The predicted molar refractivity (Wildman–Crippen MR) is 163 cm³/mol. The summed E-state index contributed by atoms with van der Waals surface area (Å²) in [6.07, 6.45) is 0. The zero-order valence-electron chi connectivity index (χ0n) is 21.8. The summed E-state index contributed by atoms with van der Waals surface area (Å²) in [5, 5.41) is 11.5. The Labute approximate surface area is 242 Å². The van der Waals surface area contributed by atoms with E-state index in [1.807, 2.05) is 78.9 Å². The Kier molecular flexibility index (Phi) is 6.59. The zero-order chi connectivity index (χ0) is 27.8. The summed E-state index contributed by atoms with van der Waals surface area (Å²) in [6, 6.07) is 39.9. The van der Waals surface area contributed by atoms with Crippen LogP contribution >= 0.6 is 11.8 Å². The third-order valence-electron chi connectivity index (χ3n) is 7.24. The number of nitrogens with one attached hydrogen (secondary N) is 1. The molecule has 0 saturated heterocycles. The quantitative estimate of drug-likeness (QED) is 0.217. The van der Waals surface area contributed by atoms with Crippen molar-refractivity contribution < 1.29 is 8.42 Å². The van der Waals surface area contributed by atoms with Crippen LogP contribution in [0.2, 0.25) is 0 Å². The van der Waals surface area contributed by atoms with Gasteiger partial charge in [-0.2, -0.15) is 0 Å². The number of hydrogen-bond acceptors (Lipinski definition) is 6. The molecule has 1 heterocycles. The molecule has 0 saturated carbocycles. The summed E-state index contributed by atoms with van der Waals surface area (Å²) in [5.74, 6) is 0. The van der Waals surface area contributed by atoms with E-state index in [1.54, 1.807) is 30.3 Å². The number of nitrogens with zero attached hydrogens (tertiary/aromatic N) is 3. The van der Waals surface area contributed by atoms with Crippen molar-refractivity contribution >= 4 is 32.6 Å². The van der Waals surface area contributed by atoms with Gasteiger partial charge in [-0.25, -0.2) is 18.1 Å². The van der Waals surface area contributed by atoms with Crippen LogP contribution in [0.1, 0.15) is 22.4 Å². The van der Waals surface area contributed by atoms with E-state index in [0.717, 1.165) is 38.7 Å². The second-order valence-electron chi connectivity index (χ2n) is 9.77. The maximum Gasteiger partial charge on any atom is 0.241 e. The normalized spacial score (nSPS) is 16.2. The highest BCUT2D eigenvalue weighted by atomic mass is 32.2. The summed E-state index contributed by atoms with van der Waals surface area (Å²) in [4.78, 5) is 5.24. The molecule has 1 N–H and O–H groups in total. The Hall–Kier alpha value is -4.37. The molecule has 41 heavy (non-hydrogen) atoms. The maximum atomic E-state index is 13.5. The van der Waals surface area contributed by atoms with Crippen LogP contribution in [0.4, 0.5) is 0 Å². The first kappa shape index (κ1) is 25.6. The van der Waals surface area contributed by atoms with Gasteiger partial charge in [0.15, 0.2) is 0 Å². The largest absolute Gasteiger partial charge is 0.241 e. The van der Waals surface area contributed by atoms with Gasteiger partial charge in [0, 0.05) is 11.1 Å². The molecular formula is C33H24N4O2S2. The molecule has 5 aromatic carbocycles. The summed E-state index contributed by atoms with van der Waals surface area (Å²) in [6.45, 7) is 0. The fourth-order valence-electron chi connectivity index (χ4n) is 5.39. The summed E-state index contributed by atoms with van der Waals surface area (Å²) in [7, 11) is -3.80. The molecule has 6 nitrogen and oxygen atoms in total. The lowest BCUT2D eigenvalue weighted by atomic mass is 10.0. The molecule has 6 aromatic rings. The lowest BCUT2D eigenvalue weighted by Gasteiger charge is -2.22. The number of sulfonamides is 1. The summed E-state index contributed by atoms with van der Waals surface area (Å²) in [5.41, 5.74) is 5.26. The monoisotopic (exact) mass is 572 g/mol. The van der Waals surface area contributed by atoms with Gasteiger partial charge in [0.2, 0.25) is 15.2 Å². The molecule has 8 heteroatoms. The number of hydrogen-bond donors (Lipinski definition) is 1. The van der Waals surface area contributed by atoms with Crippen molar-refractivity contribution in [2.24, 2.45) is 0 Å². The van der Waals surface area contributed by atoms with E-state index < -0.39 is 16.1 Å². The molecule has 0 radical (unpaired) electrons. The molecule has 7 rings (SSSR count). The Balaban J connectivity index is 1.33. The van der Waals surface area contributed by atoms with Gasteiger partial charge in [-0.05, 0) is 34.0 Å². The van der Waals surface area contributed by atoms with Crippen molar-refractivity contribution in [3.05, 3.63) is 139 Å². The van der Waals surface area contributed by atoms with E-state index in [2.05, 4.69) is 33.1 Å². The van der Waals surface area contributed by atoms with E-state index in [-0.39, 0.29) is 10.1 Å². The van der Waals surface area contributed by atoms with Crippen molar-refractivity contribution in [2.45, 2.75) is 21.3 Å². The molecule has 200 valence electrons. The molecule has 0 fully saturated rings. The van der Waals surface area contributed by atoms with Crippen LogP contribution in [-0.2, 0) is 10.0 Å². The molecule has 1 aromatic heterocycles. The molecule has 0 spiro atoms. The van der Waals surface area contributed by atoms with Gasteiger partial charge in [-0.15, -0.1) is 10.2 Å². The van der Waals surface area contributed by atoms with Crippen LogP contribution in [0.15, 0.2) is 137 Å². The van der Waals surface area contributed by atoms with Crippen LogP contribution < -0.4 is 4.72 Å². The van der Waals surface area contributed by atoms with E-state index in [9.17, 15) is 8.42 Å². The highest BCUT2D eigenvalue weighted by molar-refractivity contribution is 7.99. The van der Waals surface area contributed by atoms with Gasteiger partial charge in [-0.1, -0.05) is 127 Å². The second-order valence-corrected chi connectivity index (χ2v) is 12.6. The standard InChI is InChI=1S/C33H24N4O2S2/c38-41(39,25-18-8-3-9-19-25)37-31-26-20-10-16-22-17-11-21-27(28(22)26)32(31)40-33-34-29(23-12-4-1-5-13-23)30(35-36-33)24-14-6-2-7-15-24/h1-21,31-32,37H. The summed E-state index contributed by atoms with van der Waals surface area (Å²) < 4.78 is 30.1. The van der Waals surface area contributed by atoms with Gasteiger partial charge in [0.05, 0.1) is 16.2 Å². The van der Waals surface area contributed by atoms with Crippen molar-refractivity contribution in [3.8, 4) is 22.5 Å². The fourth-order valence-corrected chi connectivity index (χ4v) is 7.86. The van der Waals surface area contributed by atoms with Gasteiger partial charge in [-0.3, -0.25) is 0 Å². The minimum Gasteiger partial charge on any atom is -0.219 e. The third-order valence-corrected chi connectivity index (χ3v) is 9.86. The highest BCUT2D eigenvalue weighted by Gasteiger charge is 2.38. The lowest BCUT2D eigenvalue weighted by Crippen LogP contribution is -2.30. The number of thioether (sulfide) groups is 1. The molecule has 1 aliphatic rings. The number of rotatable bonds is 7. The molecule has 1 aliphatic carbocycles. The maximum absolute atomic E-state index is 13.5. The molecule has 2 atom stereocenters. The summed E-state index contributed by atoms with van der Waals surface area (Å²) >= 11 is 1.43. The van der Waals surface area contributed by atoms with Crippen LogP contribution in [0.25, 0.3) is 33.3 Å². The minimum absolute atomic E-state index is 0.225. The van der Waals surface area contributed by atoms with Crippen molar-refractivity contribution in [3.63, 3.8) is 0 Å². The van der Waals surface area contributed by atoms with Crippen molar-refractivity contribution in [1.82, 2.24) is 19.9 Å². The van der Waals surface area contributed by atoms with E-state index >= 15 is 0 Å². The van der Waals surface area contributed by atoms with Gasteiger partial charge >= 0.3 is 0 Å². The third kappa shape index (κ3) is 4.80. The fraction of sp³-hybridized carbons (Fsp3) is 0.0606. The van der Waals surface area contributed by atoms with E-state index in [0.29, 0.717) is 10.9 Å². The predicted octanol–water partition coefficient (Wildman–Crippen LogP) is 7.23. The Bertz CT molecular complexity index is 1960. The molecule has 2 unspecified atom stereocenters. The first-order chi connectivity index (χ1) is 20.1. The SMILES string of the molecule is O=S(=O)(NC1c2cccc3cccc(c23)C1Sc1nnc(-c2ccccc2)c(-c2ccccc2)n1)c1ccccc1. The van der Waals surface area contributed by atoms with Crippen LogP contribution in [0, 0.1) is 0 Å². The van der Waals surface area contributed by atoms with Gasteiger partial charge in [0.25, 0.3) is 0 Å². The zero-order valence-corrected chi connectivity index (χ0v) is 23.4. The molecule has 0 bridgehead atoms. The van der Waals surface area contributed by atoms with Crippen molar-refractivity contribution in [1.29, 1.82) is 0 Å². The second kappa shape index (κ2) is 10.6. The van der Waals surface area contributed by atoms with Crippen LogP contribution in [0.3, 0.4) is 0 Å². The number of benzene rings is 5. The Morgan fingerprint density at radius 2 is 1.20 bits per heavy atom. The lowest BCUT2D eigenvalue weighted by molar-refractivity contribution is 0.557.